The Labute approximate surface area is 225 Å². The number of halogens is 3. The fraction of sp³-hybridized carbons (Fsp3) is 0.633. The zero-order valence-corrected chi connectivity index (χ0v) is 23.2. The predicted octanol–water partition coefficient (Wildman–Crippen LogP) is 6.46. The molecule has 8 heteroatoms. The van der Waals surface area contributed by atoms with E-state index in [0.29, 0.717) is 17.7 Å². The molecule has 1 heterocycles. The third-order valence-corrected chi connectivity index (χ3v) is 8.06. The molecule has 1 saturated carbocycles. The zero-order valence-electron chi connectivity index (χ0n) is 23.2. The van der Waals surface area contributed by atoms with Crippen LogP contribution in [0.15, 0.2) is 46.1 Å². The van der Waals surface area contributed by atoms with E-state index < -0.39 is 17.5 Å². The van der Waals surface area contributed by atoms with Crippen molar-refractivity contribution in [3.05, 3.63) is 52.2 Å². The van der Waals surface area contributed by atoms with Crippen molar-refractivity contribution in [2.75, 3.05) is 26.7 Å². The highest BCUT2D eigenvalue weighted by molar-refractivity contribution is 6.14. The van der Waals surface area contributed by atoms with Gasteiger partial charge in [-0.05, 0) is 114 Å². The van der Waals surface area contributed by atoms with Crippen LogP contribution in [0.2, 0.25) is 0 Å². The molecule has 1 aromatic rings. The number of phenols is 1. The fourth-order valence-corrected chi connectivity index (χ4v) is 5.58. The molecule has 1 unspecified atom stereocenters. The van der Waals surface area contributed by atoms with Crippen molar-refractivity contribution in [2.24, 2.45) is 10.9 Å². The number of alkyl halides is 3. The first-order chi connectivity index (χ1) is 18.0. The van der Waals surface area contributed by atoms with E-state index in [1.54, 1.807) is 7.05 Å². The van der Waals surface area contributed by atoms with Crippen LogP contribution in [0.4, 0.5) is 13.2 Å². The summed E-state index contributed by atoms with van der Waals surface area (Å²) in [7, 11) is 1.58. The van der Waals surface area contributed by atoms with Crippen LogP contribution >= 0.6 is 0 Å². The maximum absolute atomic E-state index is 13.1. The highest BCUT2D eigenvalue weighted by atomic mass is 19.4. The lowest BCUT2D eigenvalue weighted by molar-refractivity contribution is -0.137. The molecule has 0 radical (unpaired) electrons. The molecule has 0 amide bonds. The quantitative estimate of drug-likeness (QED) is 0.251. The van der Waals surface area contributed by atoms with E-state index in [1.165, 1.54) is 18.1 Å². The lowest BCUT2D eigenvalue weighted by Gasteiger charge is -2.35. The first-order valence-electron chi connectivity index (χ1n) is 13.9. The van der Waals surface area contributed by atoms with Crippen LogP contribution < -0.4 is 5.32 Å². The summed E-state index contributed by atoms with van der Waals surface area (Å²) < 4.78 is 39.2. The number of aliphatic hydroxyl groups is 1. The smallest absolute Gasteiger partial charge is 0.416 e. The number of rotatable bonds is 9. The minimum atomic E-state index is -4.52. The summed E-state index contributed by atoms with van der Waals surface area (Å²) in [4.78, 5) is 6.86. The number of likely N-dealkylation sites (tertiary alicyclic amines) is 1. The van der Waals surface area contributed by atoms with Crippen molar-refractivity contribution in [1.29, 1.82) is 0 Å². The standard InChI is InChI=1S/C30H44F3N3O2/c1-5-20(2)27(17-21(3)29(34-4)26-13-10-23(18-28(26)38)30(31,32)33)35-24-7-6-15-36(19-24)16-14-22-8-11-25(37)12-9-22/h10,13,17-18,22,24-25,35,37-38H,5-9,11-12,14-16,19H2,1-4H3/b21-17-,27-20-,34-29+. The minimum absolute atomic E-state index is 0.111. The number of allylic oxidation sites excluding steroid dienone is 3. The summed E-state index contributed by atoms with van der Waals surface area (Å²) in [6.07, 6.45) is 5.73. The van der Waals surface area contributed by atoms with Crippen LogP contribution in [0.25, 0.3) is 0 Å². The van der Waals surface area contributed by atoms with Crippen molar-refractivity contribution < 1.29 is 23.4 Å². The molecular weight excluding hydrogens is 491 g/mol. The monoisotopic (exact) mass is 535 g/mol. The molecule has 0 bridgehead atoms. The Morgan fingerprint density at radius 2 is 1.87 bits per heavy atom. The first kappa shape index (κ1) is 30.2. The second-order valence-corrected chi connectivity index (χ2v) is 10.9. The van der Waals surface area contributed by atoms with Gasteiger partial charge in [-0.25, -0.2) is 0 Å². The predicted molar refractivity (Wildman–Crippen MR) is 147 cm³/mol. The van der Waals surface area contributed by atoms with Crippen molar-refractivity contribution in [2.45, 2.75) is 90.5 Å². The number of aliphatic imine (C=N–C) groups is 1. The average Bonchev–Trinajstić information content (AvgIpc) is 2.88. The maximum atomic E-state index is 13.1. The molecule has 3 rings (SSSR count). The summed E-state index contributed by atoms with van der Waals surface area (Å²) in [5, 5.41) is 23.9. The van der Waals surface area contributed by atoms with Crippen molar-refractivity contribution >= 4 is 5.71 Å². The zero-order chi connectivity index (χ0) is 27.9. The van der Waals surface area contributed by atoms with E-state index in [4.69, 9.17) is 0 Å². The van der Waals surface area contributed by atoms with Gasteiger partial charge in [0, 0.05) is 30.9 Å². The first-order valence-corrected chi connectivity index (χ1v) is 13.9. The number of aromatic hydroxyl groups is 1. The highest BCUT2D eigenvalue weighted by Gasteiger charge is 2.31. The Balaban J connectivity index is 1.70. The fourth-order valence-electron chi connectivity index (χ4n) is 5.58. The van der Waals surface area contributed by atoms with Gasteiger partial charge in [0.05, 0.1) is 17.4 Å². The summed E-state index contributed by atoms with van der Waals surface area (Å²) in [6.45, 7) is 9.22. The van der Waals surface area contributed by atoms with Crippen LogP contribution in [-0.4, -0.2) is 59.7 Å². The molecule has 3 N–H and O–H groups in total. The molecule has 1 aromatic carbocycles. The van der Waals surface area contributed by atoms with Gasteiger partial charge in [0.1, 0.15) is 5.75 Å². The number of phenolic OH excluding ortho intramolecular Hbond substituents is 1. The van der Waals surface area contributed by atoms with E-state index in [2.05, 4.69) is 29.1 Å². The number of nitrogens with zero attached hydrogens (tertiary/aromatic N) is 2. The molecule has 0 spiro atoms. The molecule has 38 heavy (non-hydrogen) atoms. The third kappa shape index (κ3) is 8.34. The summed E-state index contributed by atoms with van der Waals surface area (Å²) in [5.74, 6) is 0.276. The van der Waals surface area contributed by atoms with Gasteiger partial charge in [-0.3, -0.25) is 4.99 Å². The number of benzene rings is 1. The lowest BCUT2D eigenvalue weighted by Crippen LogP contribution is -2.46. The SMILES string of the molecule is CC/C(C)=C(/C=C(C)\C(=N/C)c1ccc(C(F)(F)F)cc1O)NC1CCCN(CCC2CCC(O)CC2)C1. The molecule has 5 nitrogen and oxygen atoms in total. The van der Waals surface area contributed by atoms with Crippen LogP contribution in [0.3, 0.4) is 0 Å². The Kier molecular flexibility index (Phi) is 10.9. The molecular formula is C30H44F3N3O2. The molecule has 1 aliphatic heterocycles. The van der Waals surface area contributed by atoms with Crippen molar-refractivity contribution in [3.63, 3.8) is 0 Å². The molecule has 2 fully saturated rings. The Hall–Kier alpha value is -2.32. The average molecular weight is 536 g/mol. The largest absolute Gasteiger partial charge is 0.507 e. The van der Waals surface area contributed by atoms with E-state index in [9.17, 15) is 23.4 Å². The lowest BCUT2D eigenvalue weighted by atomic mass is 9.85. The normalized spacial score (nSPS) is 24.8. The molecule has 212 valence electrons. The molecule has 1 saturated heterocycles. The van der Waals surface area contributed by atoms with Crippen LogP contribution in [0, 0.1) is 5.92 Å². The Bertz CT molecular complexity index is 1020. The number of aliphatic hydroxyl groups excluding tert-OH is 1. The molecule has 1 atom stereocenters. The van der Waals surface area contributed by atoms with Crippen LogP contribution in [-0.2, 0) is 6.18 Å². The maximum Gasteiger partial charge on any atom is 0.416 e. The molecule has 0 aromatic heterocycles. The van der Waals surface area contributed by atoms with Crippen LogP contribution in [0.5, 0.6) is 5.75 Å². The number of nitrogens with one attached hydrogen (secondary N) is 1. The highest BCUT2D eigenvalue weighted by Crippen LogP contribution is 2.34. The van der Waals surface area contributed by atoms with Gasteiger partial charge in [0.15, 0.2) is 0 Å². The summed E-state index contributed by atoms with van der Waals surface area (Å²) in [5.41, 5.74) is 2.82. The van der Waals surface area contributed by atoms with E-state index in [0.717, 1.165) is 88.0 Å². The van der Waals surface area contributed by atoms with Crippen molar-refractivity contribution in [3.8, 4) is 5.75 Å². The number of hydrogen-bond acceptors (Lipinski definition) is 5. The third-order valence-electron chi connectivity index (χ3n) is 8.06. The summed E-state index contributed by atoms with van der Waals surface area (Å²) in [6, 6.07) is 3.32. The second-order valence-electron chi connectivity index (χ2n) is 10.9. The second kappa shape index (κ2) is 13.7. The Morgan fingerprint density at radius 1 is 1.16 bits per heavy atom. The van der Waals surface area contributed by atoms with Gasteiger partial charge in [-0.2, -0.15) is 13.2 Å². The van der Waals surface area contributed by atoms with E-state index >= 15 is 0 Å². The van der Waals surface area contributed by atoms with E-state index in [-0.39, 0.29) is 11.7 Å². The number of hydrogen-bond donors (Lipinski definition) is 3. The topological polar surface area (TPSA) is 68.1 Å². The Morgan fingerprint density at radius 3 is 2.47 bits per heavy atom. The minimum Gasteiger partial charge on any atom is -0.507 e. The number of piperidine rings is 1. The molecule has 1 aliphatic carbocycles. The van der Waals surface area contributed by atoms with Gasteiger partial charge in [0.2, 0.25) is 0 Å². The van der Waals surface area contributed by atoms with Gasteiger partial charge >= 0.3 is 6.18 Å². The van der Waals surface area contributed by atoms with Gasteiger partial charge in [-0.1, -0.05) is 12.5 Å². The van der Waals surface area contributed by atoms with Crippen molar-refractivity contribution in [1.82, 2.24) is 10.2 Å². The molecule has 2 aliphatic rings. The van der Waals surface area contributed by atoms with Gasteiger partial charge in [0.25, 0.3) is 0 Å². The van der Waals surface area contributed by atoms with E-state index in [1.807, 2.05) is 13.0 Å². The van der Waals surface area contributed by atoms with Gasteiger partial charge in [-0.15, -0.1) is 0 Å². The van der Waals surface area contributed by atoms with Crippen LogP contribution in [0.1, 0.15) is 83.3 Å². The van der Waals surface area contributed by atoms with Gasteiger partial charge < -0.3 is 20.4 Å². The summed E-state index contributed by atoms with van der Waals surface area (Å²) >= 11 is 0.